The van der Waals surface area contributed by atoms with Gasteiger partial charge in [-0.05, 0) is 55.2 Å². The van der Waals surface area contributed by atoms with Crippen LogP contribution in [0.4, 0.5) is 0 Å². The molecular weight excluding hydrogens is 404 g/mol. The van der Waals surface area contributed by atoms with Crippen LogP contribution >= 0.6 is 0 Å². The maximum Gasteiger partial charge on any atom is 0.243 e. The Balaban J connectivity index is 1.58. The summed E-state index contributed by atoms with van der Waals surface area (Å²) in [5.74, 6) is 0.236. The van der Waals surface area contributed by atoms with Gasteiger partial charge in [-0.2, -0.15) is 0 Å². The van der Waals surface area contributed by atoms with Crippen LogP contribution in [0.15, 0.2) is 36.4 Å². The zero-order chi connectivity index (χ0) is 23.3. The average molecular weight is 441 g/mol. The van der Waals surface area contributed by atoms with Gasteiger partial charge in [-0.3, -0.25) is 19.3 Å². The molecule has 0 spiro atoms. The van der Waals surface area contributed by atoms with Crippen LogP contribution in [-0.2, 0) is 20.8 Å². The first-order valence-electron chi connectivity index (χ1n) is 11.8. The predicted molar refractivity (Wildman–Crippen MR) is 124 cm³/mol. The highest BCUT2D eigenvalue weighted by atomic mass is 16.5. The van der Waals surface area contributed by atoms with Crippen LogP contribution in [0.2, 0.25) is 0 Å². The largest absolute Gasteiger partial charge is 0.493 e. The van der Waals surface area contributed by atoms with Gasteiger partial charge >= 0.3 is 0 Å². The quantitative estimate of drug-likeness (QED) is 0.444. The number of carbonyl (C=O) groups is 3. The van der Waals surface area contributed by atoms with Crippen molar-refractivity contribution in [1.82, 2.24) is 10.2 Å². The highest BCUT2D eigenvalue weighted by Gasteiger charge is 2.51. The number of ether oxygens (including phenoxy) is 1. The molecule has 3 atom stereocenters. The van der Waals surface area contributed by atoms with E-state index in [0.717, 1.165) is 11.3 Å². The number of hydrogen-bond acceptors (Lipinski definition) is 4. The Morgan fingerprint density at radius 1 is 1.00 bits per heavy atom. The summed E-state index contributed by atoms with van der Waals surface area (Å²) in [5, 5.41) is 2.96. The number of allylic oxidation sites excluding steroid dienone is 2. The van der Waals surface area contributed by atoms with Gasteiger partial charge in [-0.15, -0.1) is 0 Å². The Kier molecular flexibility index (Phi) is 8.10. The number of imide groups is 1. The smallest absolute Gasteiger partial charge is 0.243 e. The van der Waals surface area contributed by atoms with Crippen molar-refractivity contribution in [3.63, 3.8) is 0 Å². The molecule has 1 N–H and O–H groups in total. The molecule has 3 amide bonds. The lowest BCUT2D eigenvalue weighted by Gasteiger charge is -2.27. The van der Waals surface area contributed by atoms with Crippen LogP contribution in [0.1, 0.15) is 52.5 Å². The van der Waals surface area contributed by atoms with E-state index >= 15 is 0 Å². The number of nitrogens with one attached hydrogen (secondary N) is 1. The highest BCUT2D eigenvalue weighted by Crippen LogP contribution is 2.37. The van der Waals surface area contributed by atoms with E-state index in [2.05, 4.69) is 19.2 Å². The molecule has 0 bridgehead atoms. The summed E-state index contributed by atoms with van der Waals surface area (Å²) in [4.78, 5) is 40.3. The van der Waals surface area contributed by atoms with E-state index in [0.29, 0.717) is 44.8 Å². The van der Waals surface area contributed by atoms with E-state index in [1.54, 1.807) is 0 Å². The van der Waals surface area contributed by atoms with Crippen molar-refractivity contribution >= 4 is 17.7 Å². The van der Waals surface area contributed by atoms with Gasteiger partial charge in [-0.25, -0.2) is 0 Å². The van der Waals surface area contributed by atoms with Crippen LogP contribution < -0.4 is 10.1 Å². The van der Waals surface area contributed by atoms with E-state index in [-0.39, 0.29) is 35.5 Å². The molecule has 1 heterocycles. The van der Waals surface area contributed by atoms with Gasteiger partial charge in [0.15, 0.2) is 0 Å². The second-order valence-electron chi connectivity index (χ2n) is 9.74. The fraction of sp³-hybridized carbons (Fsp3) is 0.577. The monoisotopic (exact) mass is 440 g/mol. The number of nitrogens with zero attached hydrogens (tertiary/aromatic N) is 1. The molecule has 32 heavy (non-hydrogen) atoms. The molecule has 0 aromatic heterocycles. The van der Waals surface area contributed by atoms with E-state index < -0.39 is 6.04 Å². The number of benzene rings is 1. The first-order chi connectivity index (χ1) is 15.3. The fourth-order valence-corrected chi connectivity index (χ4v) is 4.37. The Morgan fingerprint density at radius 2 is 1.59 bits per heavy atom. The average Bonchev–Trinajstić information content (AvgIpc) is 3.01. The highest BCUT2D eigenvalue weighted by molar-refractivity contribution is 6.08. The molecule has 0 saturated carbocycles. The van der Waals surface area contributed by atoms with Crippen LogP contribution in [0, 0.1) is 23.7 Å². The third kappa shape index (κ3) is 5.78. The molecule has 6 nitrogen and oxygen atoms in total. The molecule has 2 aliphatic rings. The third-order valence-electron chi connectivity index (χ3n) is 6.07. The molecular formula is C26H36N2O4. The van der Waals surface area contributed by atoms with Crippen LogP contribution in [0.5, 0.6) is 5.75 Å². The Bertz CT molecular complexity index is 818. The molecule has 6 heteroatoms. The van der Waals surface area contributed by atoms with Crippen molar-refractivity contribution in [3.8, 4) is 5.75 Å². The first-order valence-corrected chi connectivity index (χ1v) is 11.8. The van der Waals surface area contributed by atoms with Crippen molar-refractivity contribution in [2.45, 2.75) is 59.4 Å². The second kappa shape index (κ2) is 10.8. The molecule has 3 rings (SSSR count). The summed E-state index contributed by atoms with van der Waals surface area (Å²) in [6.07, 6.45) is 6.23. The van der Waals surface area contributed by atoms with Crippen LogP contribution in [0.25, 0.3) is 0 Å². The Morgan fingerprint density at radius 3 is 2.12 bits per heavy atom. The Labute approximate surface area is 191 Å². The maximum absolute atomic E-state index is 13.1. The van der Waals surface area contributed by atoms with E-state index in [9.17, 15) is 14.4 Å². The van der Waals surface area contributed by atoms with Gasteiger partial charge in [0, 0.05) is 6.54 Å². The van der Waals surface area contributed by atoms with Crippen LogP contribution in [-0.4, -0.2) is 41.8 Å². The number of fused-ring (bicyclic) bond motifs is 1. The number of rotatable bonds is 10. The van der Waals surface area contributed by atoms with Gasteiger partial charge in [-0.1, -0.05) is 52.0 Å². The SMILES string of the molecule is CC(C)COc1ccc(CCNC(=O)C(CC(C)C)N2C(=O)C3CC=CCC3C2=O)cc1. The van der Waals surface area contributed by atoms with Crippen molar-refractivity contribution < 1.29 is 19.1 Å². The molecule has 174 valence electrons. The minimum absolute atomic E-state index is 0.186. The fourth-order valence-electron chi connectivity index (χ4n) is 4.37. The lowest BCUT2D eigenvalue weighted by molar-refractivity contribution is -0.148. The van der Waals surface area contributed by atoms with Gasteiger partial charge in [0.05, 0.1) is 18.4 Å². The summed E-state index contributed by atoms with van der Waals surface area (Å²) in [5.41, 5.74) is 1.09. The minimum Gasteiger partial charge on any atom is -0.493 e. The lowest BCUT2D eigenvalue weighted by Crippen LogP contribution is -2.51. The van der Waals surface area contributed by atoms with Gasteiger partial charge < -0.3 is 10.1 Å². The van der Waals surface area contributed by atoms with E-state index in [1.807, 2.05) is 50.3 Å². The van der Waals surface area contributed by atoms with Gasteiger partial charge in [0.1, 0.15) is 11.8 Å². The molecule has 1 saturated heterocycles. The minimum atomic E-state index is -0.743. The maximum atomic E-state index is 13.1. The molecule has 1 fully saturated rings. The Hall–Kier alpha value is -2.63. The summed E-state index contributed by atoms with van der Waals surface area (Å²) in [6.45, 7) is 9.35. The van der Waals surface area contributed by atoms with Crippen molar-refractivity contribution in [2.24, 2.45) is 23.7 Å². The van der Waals surface area contributed by atoms with E-state index in [1.165, 1.54) is 4.90 Å². The first kappa shape index (κ1) is 24.0. The van der Waals surface area contributed by atoms with Crippen molar-refractivity contribution in [1.29, 1.82) is 0 Å². The standard InChI is InChI=1S/C26H36N2O4/c1-17(2)15-23(28-25(30)21-7-5-6-8-22(21)26(28)31)24(29)27-14-13-19-9-11-20(12-10-19)32-16-18(3)4/h5-6,9-12,17-18,21-23H,7-8,13-16H2,1-4H3,(H,27,29). The topological polar surface area (TPSA) is 75.7 Å². The third-order valence-corrected chi connectivity index (χ3v) is 6.07. The lowest BCUT2D eigenvalue weighted by atomic mass is 9.85. The summed E-state index contributed by atoms with van der Waals surface area (Å²) >= 11 is 0. The normalized spacial score (nSPS) is 21.2. The number of likely N-dealkylation sites (tertiary alicyclic amines) is 1. The summed E-state index contributed by atoms with van der Waals surface area (Å²) < 4.78 is 5.71. The zero-order valence-corrected chi connectivity index (χ0v) is 19.7. The molecule has 1 aromatic rings. The molecule has 1 aliphatic carbocycles. The van der Waals surface area contributed by atoms with Gasteiger partial charge in [0.25, 0.3) is 0 Å². The molecule has 1 aromatic carbocycles. The number of hydrogen-bond donors (Lipinski definition) is 1. The summed E-state index contributed by atoms with van der Waals surface area (Å²) in [7, 11) is 0. The van der Waals surface area contributed by atoms with Gasteiger partial charge in [0.2, 0.25) is 17.7 Å². The van der Waals surface area contributed by atoms with Crippen LogP contribution in [0.3, 0.4) is 0 Å². The zero-order valence-electron chi connectivity index (χ0n) is 19.7. The molecule has 1 aliphatic heterocycles. The summed E-state index contributed by atoms with van der Waals surface area (Å²) in [6, 6.07) is 7.14. The molecule has 0 radical (unpaired) electrons. The number of amides is 3. The van der Waals surface area contributed by atoms with Crippen molar-refractivity contribution in [3.05, 3.63) is 42.0 Å². The number of carbonyl (C=O) groups excluding carboxylic acids is 3. The van der Waals surface area contributed by atoms with Crippen molar-refractivity contribution in [2.75, 3.05) is 13.2 Å². The van der Waals surface area contributed by atoms with E-state index in [4.69, 9.17) is 4.74 Å². The molecule has 3 unspecified atom stereocenters. The predicted octanol–water partition coefficient (Wildman–Crippen LogP) is 3.75. The second-order valence-corrected chi connectivity index (χ2v) is 9.74.